The van der Waals surface area contributed by atoms with Crippen LogP contribution in [0, 0.1) is 17.5 Å². The van der Waals surface area contributed by atoms with Gasteiger partial charge in [0.25, 0.3) is 0 Å². The Morgan fingerprint density at radius 2 is 1.73 bits per heavy atom. The molecule has 0 bridgehead atoms. The summed E-state index contributed by atoms with van der Waals surface area (Å²) in [5.41, 5.74) is 0.138. The maximum Gasteiger partial charge on any atom is 0.161 e. The Hall–Kier alpha value is -1.08. The van der Waals surface area contributed by atoms with Crippen LogP contribution in [0.25, 0.3) is 0 Å². The Balaban J connectivity index is 2.06. The van der Waals surface area contributed by atoms with Crippen molar-refractivity contribution in [2.24, 2.45) is 0 Å². The minimum absolute atomic E-state index is 0.138. The van der Waals surface area contributed by atoms with Crippen LogP contribution >= 0.6 is 22.9 Å². The molecule has 1 aliphatic heterocycles. The van der Waals surface area contributed by atoms with Crippen molar-refractivity contribution < 1.29 is 13.2 Å². The van der Waals surface area contributed by atoms with Crippen molar-refractivity contribution in [2.45, 2.75) is 6.04 Å². The van der Waals surface area contributed by atoms with Crippen LogP contribution in [-0.2, 0) is 0 Å². The normalized spacial score (nSPS) is 17.6. The Morgan fingerprint density at radius 3 is 2.36 bits per heavy atom. The van der Waals surface area contributed by atoms with Crippen molar-refractivity contribution in [3.63, 3.8) is 0 Å². The summed E-state index contributed by atoms with van der Waals surface area (Å²) in [6.45, 7) is 2.92. The molecule has 2 heterocycles. The molecule has 2 nitrogen and oxygen atoms in total. The number of halogens is 4. The fourth-order valence-electron chi connectivity index (χ4n) is 2.69. The summed E-state index contributed by atoms with van der Waals surface area (Å²) in [5, 5.41) is 3.22. The van der Waals surface area contributed by atoms with E-state index in [9.17, 15) is 13.2 Å². The standard InChI is InChI=1S/C15H14ClF3N2S/c16-14-2-1-13(22-14)15(21-5-3-20-4-6-21)9-7-11(18)12(19)8-10(9)17/h1-2,7-8,15,20H,3-6H2/t15-/m1/s1. The zero-order chi connectivity index (χ0) is 15.7. The van der Waals surface area contributed by atoms with Crippen LogP contribution in [0.1, 0.15) is 16.5 Å². The summed E-state index contributed by atoms with van der Waals surface area (Å²) in [4.78, 5) is 2.87. The molecule has 1 aromatic heterocycles. The van der Waals surface area contributed by atoms with Gasteiger partial charge in [0.15, 0.2) is 11.6 Å². The van der Waals surface area contributed by atoms with Gasteiger partial charge in [-0.3, -0.25) is 4.90 Å². The van der Waals surface area contributed by atoms with Crippen molar-refractivity contribution in [1.82, 2.24) is 10.2 Å². The lowest BCUT2D eigenvalue weighted by molar-refractivity contribution is 0.197. The number of nitrogens with zero attached hydrogens (tertiary/aromatic N) is 1. The summed E-state index contributed by atoms with van der Waals surface area (Å²) in [6, 6.07) is 4.63. The Bertz CT molecular complexity index is 671. The van der Waals surface area contributed by atoms with E-state index < -0.39 is 23.5 Å². The first-order valence-corrected chi connectivity index (χ1v) is 8.10. The van der Waals surface area contributed by atoms with Gasteiger partial charge in [0.1, 0.15) is 5.82 Å². The van der Waals surface area contributed by atoms with Crippen LogP contribution in [0.2, 0.25) is 4.34 Å². The molecule has 7 heteroatoms. The van der Waals surface area contributed by atoms with Crippen LogP contribution in [0.3, 0.4) is 0 Å². The fraction of sp³-hybridized carbons (Fsp3) is 0.333. The van der Waals surface area contributed by atoms with E-state index in [1.54, 1.807) is 12.1 Å². The molecule has 0 radical (unpaired) electrons. The van der Waals surface area contributed by atoms with E-state index in [0.29, 0.717) is 23.5 Å². The van der Waals surface area contributed by atoms with Gasteiger partial charge in [0, 0.05) is 42.7 Å². The quantitative estimate of drug-likeness (QED) is 0.850. The number of rotatable bonds is 3. The van der Waals surface area contributed by atoms with E-state index in [4.69, 9.17) is 11.6 Å². The molecule has 118 valence electrons. The lowest BCUT2D eigenvalue weighted by Gasteiger charge is -2.34. The third kappa shape index (κ3) is 3.15. The minimum atomic E-state index is -1.18. The lowest BCUT2D eigenvalue weighted by atomic mass is 10.0. The molecule has 22 heavy (non-hydrogen) atoms. The highest BCUT2D eigenvalue weighted by molar-refractivity contribution is 7.16. The summed E-state index contributed by atoms with van der Waals surface area (Å²) in [7, 11) is 0. The highest BCUT2D eigenvalue weighted by atomic mass is 35.5. The fourth-order valence-corrected chi connectivity index (χ4v) is 3.91. The molecule has 1 aliphatic rings. The molecule has 2 aromatic rings. The van der Waals surface area contributed by atoms with Crippen LogP contribution in [0.4, 0.5) is 13.2 Å². The molecule has 3 rings (SSSR count). The van der Waals surface area contributed by atoms with Crippen molar-refractivity contribution in [3.05, 3.63) is 56.5 Å². The molecule has 0 saturated carbocycles. The second-order valence-corrected chi connectivity index (χ2v) is 6.86. The maximum atomic E-state index is 14.3. The van der Waals surface area contributed by atoms with Crippen LogP contribution in [0.5, 0.6) is 0 Å². The van der Waals surface area contributed by atoms with Gasteiger partial charge in [-0.25, -0.2) is 13.2 Å². The molecule has 1 saturated heterocycles. The van der Waals surface area contributed by atoms with Crippen molar-refractivity contribution >= 4 is 22.9 Å². The van der Waals surface area contributed by atoms with Crippen LogP contribution < -0.4 is 5.32 Å². The largest absolute Gasteiger partial charge is 0.314 e. The zero-order valence-corrected chi connectivity index (χ0v) is 13.2. The van der Waals surface area contributed by atoms with Gasteiger partial charge in [-0.05, 0) is 18.2 Å². The molecule has 0 aliphatic carbocycles. The van der Waals surface area contributed by atoms with Crippen molar-refractivity contribution in [3.8, 4) is 0 Å². The van der Waals surface area contributed by atoms with E-state index in [2.05, 4.69) is 10.2 Å². The topological polar surface area (TPSA) is 15.3 Å². The molecule has 1 fully saturated rings. The molecule has 0 unspecified atom stereocenters. The number of nitrogens with one attached hydrogen (secondary N) is 1. The van der Waals surface area contributed by atoms with Gasteiger partial charge in [0.05, 0.1) is 10.4 Å². The smallest absolute Gasteiger partial charge is 0.161 e. The minimum Gasteiger partial charge on any atom is -0.314 e. The molecule has 1 N–H and O–H groups in total. The van der Waals surface area contributed by atoms with Crippen LogP contribution in [-0.4, -0.2) is 31.1 Å². The van der Waals surface area contributed by atoms with Gasteiger partial charge < -0.3 is 5.32 Å². The third-order valence-corrected chi connectivity index (χ3v) is 5.00. The predicted molar refractivity (Wildman–Crippen MR) is 81.9 cm³/mol. The molecule has 0 amide bonds. The summed E-state index contributed by atoms with van der Waals surface area (Å²) in [5.74, 6) is -2.96. The van der Waals surface area contributed by atoms with Gasteiger partial charge in [-0.15, -0.1) is 11.3 Å². The molecule has 0 spiro atoms. The first-order chi connectivity index (χ1) is 10.6. The highest BCUT2D eigenvalue weighted by Crippen LogP contribution is 2.37. The van der Waals surface area contributed by atoms with Crippen LogP contribution in [0.15, 0.2) is 24.3 Å². The van der Waals surface area contributed by atoms with Gasteiger partial charge >= 0.3 is 0 Å². The van der Waals surface area contributed by atoms with Crippen molar-refractivity contribution in [1.29, 1.82) is 0 Å². The predicted octanol–water partition coefficient (Wildman–Crippen LogP) is 3.81. The Morgan fingerprint density at radius 1 is 1.05 bits per heavy atom. The average molecular weight is 347 g/mol. The lowest BCUT2D eigenvalue weighted by Crippen LogP contribution is -2.45. The summed E-state index contributed by atoms with van der Waals surface area (Å²) in [6.07, 6.45) is 0. The molecule has 1 aromatic carbocycles. The number of benzene rings is 1. The second kappa shape index (κ2) is 6.58. The first-order valence-electron chi connectivity index (χ1n) is 6.90. The Labute approximate surface area is 135 Å². The monoisotopic (exact) mass is 346 g/mol. The SMILES string of the molecule is Fc1cc(F)c([C@H](c2ccc(Cl)s2)N2CCNCC2)cc1F. The third-order valence-electron chi connectivity index (χ3n) is 3.71. The number of piperazine rings is 1. The van der Waals surface area contributed by atoms with E-state index in [-0.39, 0.29) is 5.56 Å². The van der Waals surface area contributed by atoms with Crippen molar-refractivity contribution in [2.75, 3.05) is 26.2 Å². The molecule has 1 atom stereocenters. The van der Waals surface area contributed by atoms with E-state index in [1.165, 1.54) is 11.3 Å². The van der Waals surface area contributed by atoms with E-state index >= 15 is 0 Å². The van der Waals surface area contributed by atoms with E-state index in [0.717, 1.165) is 24.0 Å². The number of hydrogen-bond donors (Lipinski definition) is 1. The second-order valence-electron chi connectivity index (χ2n) is 5.12. The number of hydrogen-bond acceptors (Lipinski definition) is 3. The summed E-state index contributed by atoms with van der Waals surface area (Å²) < 4.78 is 41.7. The first kappa shape index (κ1) is 15.8. The molecular weight excluding hydrogens is 333 g/mol. The van der Waals surface area contributed by atoms with Gasteiger partial charge in [-0.1, -0.05) is 11.6 Å². The Kier molecular flexibility index (Phi) is 4.73. The van der Waals surface area contributed by atoms with E-state index in [1.807, 2.05) is 0 Å². The highest BCUT2D eigenvalue weighted by Gasteiger charge is 2.28. The average Bonchev–Trinajstić information content (AvgIpc) is 2.92. The molecular formula is C15H14ClF3N2S. The van der Waals surface area contributed by atoms with Gasteiger partial charge in [0.2, 0.25) is 0 Å². The zero-order valence-electron chi connectivity index (χ0n) is 11.6. The summed E-state index contributed by atoms with van der Waals surface area (Å²) >= 11 is 7.31. The number of thiophene rings is 1. The van der Waals surface area contributed by atoms with Gasteiger partial charge in [-0.2, -0.15) is 0 Å². The maximum absolute atomic E-state index is 14.3.